The van der Waals surface area contributed by atoms with E-state index in [-0.39, 0.29) is 0 Å². The molecule has 3 rings (SSSR count). The summed E-state index contributed by atoms with van der Waals surface area (Å²) in [4.78, 5) is 6.02. The summed E-state index contributed by atoms with van der Waals surface area (Å²) in [5, 5.41) is 4.80. The number of H-pyrrole nitrogens is 1. The van der Waals surface area contributed by atoms with Crippen LogP contribution in [0.15, 0.2) is 24.8 Å². The van der Waals surface area contributed by atoms with E-state index < -0.39 is 0 Å². The van der Waals surface area contributed by atoms with E-state index in [0.29, 0.717) is 0 Å². The van der Waals surface area contributed by atoms with Crippen molar-refractivity contribution in [2.45, 2.75) is 33.1 Å². The van der Waals surface area contributed by atoms with Crippen LogP contribution in [0.1, 0.15) is 36.6 Å². The number of aromatic amines is 1. The van der Waals surface area contributed by atoms with E-state index >= 15 is 0 Å². The molecule has 0 aliphatic carbocycles. The second kappa shape index (κ2) is 6.57. The highest BCUT2D eigenvalue weighted by Gasteiger charge is 2.11. The van der Waals surface area contributed by atoms with Crippen molar-refractivity contribution < 1.29 is 0 Å². The largest absolute Gasteiger partial charge is 0.384 e. The monoisotopic (exact) mass is 297 g/mol. The lowest BCUT2D eigenvalue weighted by Crippen LogP contribution is -2.29. The van der Waals surface area contributed by atoms with Crippen molar-refractivity contribution in [3.8, 4) is 0 Å². The van der Waals surface area contributed by atoms with Crippen molar-refractivity contribution in [3.05, 3.63) is 41.6 Å². The second-order valence-electron chi connectivity index (χ2n) is 6.30. The summed E-state index contributed by atoms with van der Waals surface area (Å²) in [6.45, 7) is 13.2. The second-order valence-corrected chi connectivity index (χ2v) is 6.30. The lowest BCUT2D eigenvalue weighted by atomic mass is 10.1. The number of hydrogen-bond acceptors (Lipinski definition) is 2. The Bertz CT molecular complexity index is 663. The van der Waals surface area contributed by atoms with Crippen LogP contribution in [-0.2, 0) is 6.42 Å². The number of benzene rings is 1. The molecule has 3 nitrogen and oxygen atoms in total. The van der Waals surface area contributed by atoms with E-state index in [2.05, 4.69) is 53.8 Å². The summed E-state index contributed by atoms with van der Waals surface area (Å²) in [5.74, 6) is 0. The zero-order chi connectivity index (χ0) is 15.5. The summed E-state index contributed by atoms with van der Waals surface area (Å²) in [6.07, 6.45) is 3.75. The first-order chi connectivity index (χ1) is 10.7. The van der Waals surface area contributed by atoms with Gasteiger partial charge in [-0.3, -0.25) is 0 Å². The molecule has 0 radical (unpaired) electrons. The van der Waals surface area contributed by atoms with Crippen molar-refractivity contribution in [2.75, 3.05) is 26.2 Å². The first-order valence-electron chi connectivity index (χ1n) is 8.45. The van der Waals surface area contributed by atoms with E-state index in [1.807, 2.05) is 0 Å². The van der Waals surface area contributed by atoms with Gasteiger partial charge in [0.25, 0.3) is 0 Å². The van der Waals surface area contributed by atoms with Gasteiger partial charge in [-0.2, -0.15) is 0 Å². The fraction of sp³-hybridized carbons (Fsp3) is 0.474. The molecule has 118 valence electrons. The lowest BCUT2D eigenvalue weighted by molar-refractivity contribution is 0.343. The Morgan fingerprint density at radius 1 is 1.32 bits per heavy atom. The minimum Gasteiger partial charge on any atom is -0.384 e. The fourth-order valence-electron chi connectivity index (χ4n) is 3.40. The third-order valence-electron chi connectivity index (χ3n) is 4.83. The number of nitrogens with one attached hydrogen (secondary N) is 2. The molecule has 3 heteroatoms. The van der Waals surface area contributed by atoms with Crippen molar-refractivity contribution >= 4 is 16.6 Å². The van der Waals surface area contributed by atoms with E-state index in [9.17, 15) is 0 Å². The van der Waals surface area contributed by atoms with Crippen LogP contribution in [0, 0.1) is 6.92 Å². The third-order valence-corrected chi connectivity index (χ3v) is 4.83. The highest BCUT2D eigenvalue weighted by atomic mass is 15.1. The van der Waals surface area contributed by atoms with Crippen LogP contribution in [0.3, 0.4) is 0 Å². The van der Waals surface area contributed by atoms with Crippen LogP contribution in [0.25, 0.3) is 16.6 Å². The van der Waals surface area contributed by atoms with Gasteiger partial charge in [-0.15, -0.1) is 0 Å². The van der Waals surface area contributed by atoms with E-state index in [1.54, 1.807) is 0 Å². The fourth-order valence-corrected chi connectivity index (χ4v) is 3.40. The van der Waals surface area contributed by atoms with Crippen molar-refractivity contribution in [1.29, 1.82) is 0 Å². The molecule has 1 saturated heterocycles. The number of rotatable bonds is 6. The maximum Gasteiger partial charge on any atom is 0.0459 e. The summed E-state index contributed by atoms with van der Waals surface area (Å²) < 4.78 is 0. The SMILES string of the molecule is C=C(NCCN1CCCC1)c1ccc2[nH]c(CC)c(C)c2c1. The van der Waals surface area contributed by atoms with Crippen molar-refractivity contribution in [3.63, 3.8) is 0 Å². The molecule has 0 bridgehead atoms. The Labute approximate surface area is 133 Å². The quantitative estimate of drug-likeness (QED) is 0.852. The Morgan fingerprint density at radius 3 is 2.82 bits per heavy atom. The summed E-state index contributed by atoms with van der Waals surface area (Å²) in [6, 6.07) is 6.58. The molecule has 1 aliphatic rings. The number of aromatic nitrogens is 1. The Hall–Kier alpha value is -1.74. The zero-order valence-electron chi connectivity index (χ0n) is 13.8. The number of likely N-dealkylation sites (tertiary alicyclic amines) is 1. The number of aryl methyl sites for hydroxylation is 2. The minimum atomic E-state index is 0.975. The smallest absolute Gasteiger partial charge is 0.0459 e. The van der Waals surface area contributed by atoms with Crippen molar-refractivity contribution in [1.82, 2.24) is 15.2 Å². The molecular weight excluding hydrogens is 270 g/mol. The van der Waals surface area contributed by atoms with Gasteiger partial charge in [0.05, 0.1) is 0 Å². The van der Waals surface area contributed by atoms with Gasteiger partial charge in [-0.05, 0) is 62.5 Å². The van der Waals surface area contributed by atoms with Crippen LogP contribution in [0.4, 0.5) is 0 Å². The standard InChI is InChI=1S/C19H27N3/c1-4-18-14(2)17-13-16(7-8-19(17)21-18)15(3)20-9-12-22-10-5-6-11-22/h7-8,13,20-21H,3-6,9-12H2,1-2H3. The maximum absolute atomic E-state index is 4.21. The summed E-state index contributed by atoms with van der Waals surface area (Å²) >= 11 is 0. The highest BCUT2D eigenvalue weighted by molar-refractivity contribution is 5.87. The molecule has 1 aromatic heterocycles. The topological polar surface area (TPSA) is 31.1 Å². The van der Waals surface area contributed by atoms with Gasteiger partial charge < -0.3 is 15.2 Å². The van der Waals surface area contributed by atoms with Gasteiger partial charge >= 0.3 is 0 Å². The number of fused-ring (bicyclic) bond motifs is 1. The van der Waals surface area contributed by atoms with Gasteiger partial charge in [-0.25, -0.2) is 0 Å². The van der Waals surface area contributed by atoms with Crippen LogP contribution < -0.4 is 5.32 Å². The molecule has 1 aliphatic heterocycles. The molecule has 0 unspecified atom stereocenters. The maximum atomic E-state index is 4.21. The predicted octanol–water partition coefficient (Wildman–Crippen LogP) is 3.69. The van der Waals surface area contributed by atoms with E-state index in [4.69, 9.17) is 0 Å². The van der Waals surface area contributed by atoms with Gasteiger partial charge in [0, 0.05) is 35.4 Å². The first-order valence-corrected chi connectivity index (χ1v) is 8.45. The predicted molar refractivity (Wildman–Crippen MR) is 95.1 cm³/mol. The molecule has 2 aromatic rings. The summed E-state index contributed by atoms with van der Waals surface area (Å²) in [7, 11) is 0. The van der Waals surface area contributed by atoms with Crippen LogP contribution in [-0.4, -0.2) is 36.1 Å². The van der Waals surface area contributed by atoms with Gasteiger partial charge in [0.15, 0.2) is 0 Å². The van der Waals surface area contributed by atoms with Crippen LogP contribution in [0.5, 0.6) is 0 Å². The Morgan fingerprint density at radius 2 is 2.09 bits per heavy atom. The molecule has 22 heavy (non-hydrogen) atoms. The molecular formula is C19H27N3. The van der Waals surface area contributed by atoms with Crippen LogP contribution >= 0.6 is 0 Å². The third kappa shape index (κ3) is 3.05. The first kappa shape index (κ1) is 15.2. The Kier molecular flexibility index (Phi) is 4.53. The normalized spacial score (nSPS) is 15.5. The molecule has 2 heterocycles. The van der Waals surface area contributed by atoms with E-state index in [1.165, 1.54) is 53.7 Å². The highest BCUT2D eigenvalue weighted by Crippen LogP contribution is 2.25. The number of nitrogens with zero attached hydrogens (tertiary/aromatic N) is 1. The number of hydrogen-bond donors (Lipinski definition) is 2. The lowest BCUT2D eigenvalue weighted by Gasteiger charge is -2.16. The Balaban J connectivity index is 1.66. The van der Waals surface area contributed by atoms with E-state index in [0.717, 1.165) is 25.2 Å². The molecule has 1 aromatic carbocycles. The molecule has 0 amide bonds. The average molecular weight is 297 g/mol. The zero-order valence-corrected chi connectivity index (χ0v) is 13.8. The summed E-state index contributed by atoms with van der Waals surface area (Å²) in [5.41, 5.74) is 6.14. The molecule has 0 spiro atoms. The van der Waals surface area contributed by atoms with Gasteiger partial charge in [-0.1, -0.05) is 19.6 Å². The van der Waals surface area contributed by atoms with Gasteiger partial charge in [0.1, 0.15) is 0 Å². The molecule has 0 saturated carbocycles. The average Bonchev–Trinajstić information content (AvgIpc) is 3.15. The minimum absolute atomic E-state index is 0.975. The molecule has 2 N–H and O–H groups in total. The molecule has 1 fully saturated rings. The van der Waals surface area contributed by atoms with Crippen LogP contribution in [0.2, 0.25) is 0 Å². The van der Waals surface area contributed by atoms with Crippen molar-refractivity contribution in [2.24, 2.45) is 0 Å². The molecule has 0 atom stereocenters. The van der Waals surface area contributed by atoms with Gasteiger partial charge in [0.2, 0.25) is 0 Å².